The van der Waals surface area contributed by atoms with Gasteiger partial charge in [-0.05, 0) is 6.92 Å². The van der Waals surface area contributed by atoms with Crippen molar-refractivity contribution in [3.05, 3.63) is 12.2 Å². The summed E-state index contributed by atoms with van der Waals surface area (Å²) < 4.78 is 42.0. The molecule has 5 heteroatoms. The molecular weight excluding hydrogens is 162 g/mol. The van der Waals surface area contributed by atoms with Crippen LogP contribution in [0.4, 0.5) is 8.78 Å². The van der Waals surface area contributed by atoms with E-state index in [2.05, 4.69) is 0 Å². The van der Waals surface area contributed by atoms with Crippen molar-refractivity contribution in [2.45, 2.75) is 6.92 Å². The molecule has 2 nitrogen and oxygen atoms in total. The first-order chi connectivity index (χ1) is 4.48. The van der Waals surface area contributed by atoms with Gasteiger partial charge in [0.2, 0.25) is 10.2 Å². The average molecular weight is 171 g/mol. The van der Waals surface area contributed by atoms with Gasteiger partial charge in [-0.1, -0.05) is 4.21 Å². The first kappa shape index (κ1) is 9.71. The van der Waals surface area contributed by atoms with E-state index in [1.165, 1.54) is 6.92 Å². The van der Waals surface area contributed by atoms with Gasteiger partial charge in [0.25, 0.3) is 6.08 Å². The van der Waals surface area contributed by atoms with Crippen LogP contribution in [0.25, 0.3) is 0 Å². The van der Waals surface area contributed by atoms with Crippen LogP contribution in [-0.2, 0) is 14.4 Å². The zero-order chi connectivity index (χ0) is 8.20. The molecule has 0 heterocycles. The third-order valence-electron chi connectivity index (χ3n) is 0.949. The highest BCUT2D eigenvalue weighted by molar-refractivity contribution is 7.97. The van der Waals surface area contributed by atoms with Crippen molar-refractivity contribution < 1.29 is 17.5 Å². The van der Waals surface area contributed by atoms with Gasteiger partial charge in [-0.15, -0.1) is 0 Å². The van der Waals surface area contributed by atoms with E-state index in [1.807, 2.05) is 0 Å². The summed E-state index contributed by atoms with van der Waals surface area (Å²) in [5.41, 5.74) is 0. The van der Waals surface area contributed by atoms with Crippen LogP contribution in [0, 0.1) is 0 Å². The summed E-state index contributed by atoms with van der Waals surface area (Å²) in [6.45, 7) is 1.48. The lowest BCUT2D eigenvalue weighted by Crippen LogP contribution is -2.15. The van der Waals surface area contributed by atoms with E-state index in [9.17, 15) is 13.0 Å². The Morgan fingerprint density at radius 2 is 2.20 bits per heavy atom. The van der Waals surface area contributed by atoms with Crippen molar-refractivity contribution in [1.29, 1.82) is 0 Å². The maximum atomic E-state index is 11.3. The molecule has 1 N–H and O–H groups in total. The van der Waals surface area contributed by atoms with Gasteiger partial charge in [-0.3, -0.25) is 0 Å². The lowest BCUT2D eigenvalue weighted by atomic mass is 10.7. The number of hydrogen-bond acceptors (Lipinski definition) is 1. The largest absolute Gasteiger partial charge is 0.271 e. The van der Waals surface area contributed by atoms with Crippen LogP contribution in [-0.4, -0.2) is 16.1 Å². The van der Waals surface area contributed by atoms with Crippen LogP contribution in [0.5, 0.6) is 0 Å². The highest BCUT2D eigenvalue weighted by Crippen LogP contribution is 2.03. The van der Waals surface area contributed by atoms with Gasteiger partial charge in [-0.2, -0.15) is 13.3 Å². The normalized spacial score (nSPS) is 16.0. The predicted molar refractivity (Wildman–Crippen MR) is 36.4 cm³/mol. The van der Waals surface area contributed by atoms with E-state index in [1.54, 1.807) is 0 Å². The number of hydrogen-bond donors (Lipinski definition) is 1. The summed E-state index contributed by atoms with van der Waals surface area (Å²) in [6.07, 6.45) is -1.44. The van der Waals surface area contributed by atoms with Crippen LogP contribution in [0.3, 0.4) is 0 Å². The van der Waals surface area contributed by atoms with Crippen molar-refractivity contribution in [3.63, 3.8) is 0 Å². The number of halogens is 2. The molecule has 0 saturated carbocycles. The molecule has 60 valence electrons. The Hall–Kier alpha value is -0.290. The Kier molecular flexibility index (Phi) is 3.67. The Morgan fingerprint density at radius 1 is 1.70 bits per heavy atom. The fourth-order valence-corrected chi connectivity index (χ4v) is 0.933. The van der Waals surface area contributed by atoms with E-state index in [4.69, 9.17) is 4.55 Å². The molecule has 10 heavy (non-hydrogen) atoms. The van der Waals surface area contributed by atoms with Gasteiger partial charge >= 0.3 is 0 Å². The van der Waals surface area contributed by atoms with Crippen molar-refractivity contribution in [3.8, 4) is 0 Å². The zero-order valence-corrected chi connectivity index (χ0v) is 6.33. The highest BCUT2D eigenvalue weighted by Gasteiger charge is 2.19. The minimum absolute atomic E-state index is 0.0107. The Labute approximate surface area is 59.2 Å². The molecule has 0 aromatic carbocycles. The smallest absolute Gasteiger partial charge is 0.187 e. The summed E-state index contributed by atoms with van der Waals surface area (Å²) in [7, 11) is -3.02. The molecule has 1 atom stereocenters. The Morgan fingerprint density at radius 3 is 2.50 bits per heavy atom. The quantitative estimate of drug-likeness (QED) is 0.657. The zero-order valence-electron chi connectivity index (χ0n) is 5.51. The fraction of sp³-hybridized carbons (Fsp3) is 0.600. The minimum Gasteiger partial charge on any atom is -0.187 e. The molecule has 0 aliphatic carbocycles. The second-order valence-corrected chi connectivity index (χ2v) is 4.18. The lowest BCUT2D eigenvalue weighted by Gasteiger charge is -1.94. The van der Waals surface area contributed by atoms with Crippen LogP contribution in [0.1, 0.15) is 6.92 Å². The third-order valence-corrected chi connectivity index (χ3v) is 2.54. The van der Waals surface area contributed by atoms with Crippen LogP contribution >= 0.6 is 0 Å². The molecule has 0 fully saturated rings. The predicted octanol–water partition coefficient (Wildman–Crippen LogP) is 1.76. The molecule has 0 amide bonds. The Bertz CT molecular complexity index is 174. The summed E-state index contributed by atoms with van der Waals surface area (Å²) >= 11 is 0. The fourth-order valence-electron chi connectivity index (χ4n) is 0.311. The number of rotatable bonds is 3. The van der Waals surface area contributed by atoms with Crippen molar-refractivity contribution in [1.82, 2.24) is 0 Å². The summed E-state index contributed by atoms with van der Waals surface area (Å²) in [6, 6.07) is 0. The molecule has 0 aromatic heterocycles. The van der Waals surface area contributed by atoms with Gasteiger partial charge in [0.1, 0.15) is 5.75 Å². The second-order valence-electron chi connectivity index (χ2n) is 1.72. The van der Waals surface area contributed by atoms with Crippen LogP contribution < -0.4 is 0 Å². The maximum absolute atomic E-state index is 11.3. The van der Waals surface area contributed by atoms with Gasteiger partial charge in [0.15, 0.2) is 5.75 Å². The molecule has 0 aliphatic heterocycles. The summed E-state index contributed by atoms with van der Waals surface area (Å²) in [5.74, 6) is -0.442. The maximum Gasteiger partial charge on any atom is 0.271 e. The van der Waals surface area contributed by atoms with E-state index in [0.29, 0.717) is 6.08 Å². The highest BCUT2D eigenvalue weighted by atomic mass is 32.3. The molecule has 0 rings (SSSR count). The monoisotopic (exact) mass is 171 g/mol. The van der Waals surface area contributed by atoms with Crippen molar-refractivity contribution >= 4 is 10.2 Å². The lowest BCUT2D eigenvalue weighted by molar-refractivity contribution is 0.419. The van der Waals surface area contributed by atoms with Gasteiger partial charge in [0, 0.05) is 6.08 Å². The van der Waals surface area contributed by atoms with E-state index >= 15 is 0 Å². The average Bonchev–Trinajstić information content (AvgIpc) is 1.85. The topological polar surface area (TPSA) is 37.3 Å². The Balaban J connectivity index is 3.92. The SMILES string of the molecule is CC[S+](=O)(O)CC=C(F)F. The van der Waals surface area contributed by atoms with Gasteiger partial charge in [-0.25, -0.2) is 0 Å². The minimum atomic E-state index is -3.02. The third kappa shape index (κ3) is 4.58. The van der Waals surface area contributed by atoms with Crippen molar-refractivity contribution in [2.24, 2.45) is 0 Å². The summed E-state index contributed by atoms with van der Waals surface area (Å²) in [4.78, 5) is 0. The molecule has 0 radical (unpaired) electrons. The standard InChI is InChI=1S/C5H8F2O2S/c1-2-10(8,9)4-3-5(6)7/h3H,2,4H2,1H3/p+1. The second kappa shape index (κ2) is 3.78. The first-order valence-corrected chi connectivity index (χ1v) is 4.56. The molecule has 0 aromatic rings. The molecule has 0 saturated heterocycles. The molecule has 1 unspecified atom stereocenters. The summed E-state index contributed by atoms with van der Waals surface area (Å²) in [5, 5.41) is 0. The van der Waals surface area contributed by atoms with Crippen LogP contribution in [0.15, 0.2) is 12.2 Å². The van der Waals surface area contributed by atoms with E-state index in [-0.39, 0.29) is 5.75 Å². The van der Waals surface area contributed by atoms with Gasteiger partial charge in [0.05, 0.1) is 0 Å². The van der Waals surface area contributed by atoms with Crippen LogP contribution in [0.2, 0.25) is 0 Å². The van der Waals surface area contributed by atoms with E-state index in [0.717, 1.165) is 0 Å². The molecular formula is C5H9F2O2S+. The molecule has 0 aliphatic rings. The first-order valence-electron chi connectivity index (χ1n) is 2.71. The molecule has 0 bridgehead atoms. The van der Waals surface area contributed by atoms with Crippen molar-refractivity contribution in [2.75, 3.05) is 11.5 Å². The van der Waals surface area contributed by atoms with Gasteiger partial charge < -0.3 is 0 Å². The van der Waals surface area contributed by atoms with E-state index < -0.39 is 22.0 Å². The molecule has 0 spiro atoms.